The normalized spacial score (nSPS) is 21.0. The number of cyclic esters (lactones) is 1. The smallest absolute Gasteiger partial charge is 0.324 e. The number of phenols is 1. The van der Waals surface area contributed by atoms with Crippen molar-refractivity contribution in [2.45, 2.75) is 104 Å². The second-order valence-corrected chi connectivity index (χ2v) is 19.2. The molecule has 4 aromatic rings. The first kappa shape index (κ1) is 47.9. The molecule has 3 N–H and O–H groups in total. The number of hydrogen-bond acceptors (Lipinski definition) is 10. The van der Waals surface area contributed by atoms with Gasteiger partial charge in [-0.3, -0.25) is 34.0 Å². The molecule has 2 fully saturated rings. The Bertz CT molecular complexity index is 2510. The minimum atomic E-state index is -1.16. The molecule has 66 heavy (non-hydrogen) atoms. The van der Waals surface area contributed by atoms with Gasteiger partial charge in [0.2, 0.25) is 17.7 Å². The highest BCUT2D eigenvalue weighted by Gasteiger charge is 2.40. The third-order valence-corrected chi connectivity index (χ3v) is 13.4. The van der Waals surface area contributed by atoms with Crippen molar-refractivity contribution in [2.75, 3.05) is 40.4 Å². The number of rotatable bonds is 10. The maximum absolute atomic E-state index is 14.7. The van der Waals surface area contributed by atoms with Crippen LogP contribution < -0.4 is 10.7 Å². The van der Waals surface area contributed by atoms with Crippen LogP contribution in [-0.4, -0.2) is 118 Å². The van der Waals surface area contributed by atoms with Crippen LogP contribution in [0.3, 0.4) is 0 Å². The van der Waals surface area contributed by atoms with Gasteiger partial charge in [0.05, 0.1) is 24.3 Å². The predicted octanol–water partition coefficient (Wildman–Crippen LogP) is 5.97. The number of aromatic nitrogens is 2. The summed E-state index contributed by atoms with van der Waals surface area (Å²) in [6.07, 6.45) is 6.60. The van der Waals surface area contributed by atoms with Crippen LogP contribution in [-0.2, 0) is 52.8 Å². The summed E-state index contributed by atoms with van der Waals surface area (Å²) in [7, 11) is 3.27. The lowest BCUT2D eigenvalue weighted by molar-refractivity contribution is -0.155. The number of likely N-dealkylation sites (tertiary alicyclic amines) is 1. The van der Waals surface area contributed by atoms with Gasteiger partial charge in [-0.1, -0.05) is 46.4 Å². The van der Waals surface area contributed by atoms with E-state index in [1.807, 2.05) is 45.2 Å². The van der Waals surface area contributed by atoms with Crippen molar-refractivity contribution in [1.82, 2.24) is 35.1 Å². The predicted molar refractivity (Wildman–Crippen MR) is 252 cm³/mol. The molecule has 1 unspecified atom stereocenters. The van der Waals surface area contributed by atoms with Crippen LogP contribution in [0.5, 0.6) is 5.75 Å². The standard InChI is InChI=1S/C51H65N7O8/c1-10-44(60)56-20-17-34(28-56)48(62)55(8)45(30(3)4)47(61)53-42-23-32-21-35(24-36(59)22-32)33-14-15-43-38(25-33)39(46(57(43)11-2)40-27-52-18-16-37(40)31(5)65-9)26-51(6,7)29-66-50(64)41-13-12-19-58(54-41)49(42)63/h10,14-16,18,21-22,24-25,27,30-31,34,41-42,45,54,59H,1,11-13,17,19-20,23,26,28-29H2,2-9H3,(H,53,61)/t31-,34-,41-,42-,45?/m0/s1. The van der Waals surface area contributed by atoms with Gasteiger partial charge >= 0.3 is 5.97 Å². The first-order valence-corrected chi connectivity index (χ1v) is 23.1. The second-order valence-electron chi connectivity index (χ2n) is 19.2. The van der Waals surface area contributed by atoms with E-state index in [0.717, 1.165) is 38.9 Å². The number of hydrogen-bond donors (Lipinski definition) is 3. The number of nitrogens with one attached hydrogen (secondary N) is 2. The minimum absolute atomic E-state index is 0.0114. The number of pyridine rings is 1. The van der Waals surface area contributed by atoms with Gasteiger partial charge in [0.1, 0.15) is 23.9 Å². The molecule has 5 atom stereocenters. The quantitative estimate of drug-likeness (QED) is 0.127. The molecule has 6 bridgehead atoms. The van der Waals surface area contributed by atoms with Crippen LogP contribution in [0.25, 0.3) is 33.3 Å². The number of fused-ring (bicyclic) bond motifs is 6. The van der Waals surface area contributed by atoms with Crippen molar-refractivity contribution >= 4 is 40.5 Å². The molecule has 0 saturated carbocycles. The fourth-order valence-corrected chi connectivity index (χ4v) is 10.00. The number of hydrazine groups is 1. The molecule has 5 heterocycles. The molecule has 0 spiro atoms. The maximum Gasteiger partial charge on any atom is 0.324 e. The lowest BCUT2D eigenvalue weighted by Crippen LogP contribution is -2.62. The summed E-state index contributed by atoms with van der Waals surface area (Å²) in [6.45, 7) is 17.2. The Kier molecular flexibility index (Phi) is 14.4. The van der Waals surface area contributed by atoms with E-state index in [-0.39, 0.29) is 55.7 Å². The van der Waals surface area contributed by atoms with Gasteiger partial charge in [-0.2, -0.15) is 0 Å². The number of aromatic hydroxyl groups is 1. The summed E-state index contributed by atoms with van der Waals surface area (Å²) in [5, 5.41) is 16.7. The van der Waals surface area contributed by atoms with E-state index in [9.17, 15) is 29.1 Å². The number of likely N-dealkylation sites (N-methyl/N-ethyl adjacent to an activating group) is 1. The van der Waals surface area contributed by atoms with Crippen LogP contribution in [0.15, 0.2) is 67.5 Å². The van der Waals surface area contributed by atoms with Crippen molar-refractivity contribution in [3.63, 3.8) is 0 Å². The fourth-order valence-electron chi connectivity index (χ4n) is 10.00. The third kappa shape index (κ3) is 9.87. The van der Waals surface area contributed by atoms with Crippen molar-refractivity contribution < 1.29 is 38.6 Å². The number of ether oxygens (including phenoxy) is 2. The molecule has 15 nitrogen and oxygen atoms in total. The summed E-state index contributed by atoms with van der Waals surface area (Å²) in [6, 6.07) is 10.5. The molecule has 15 heteroatoms. The number of amides is 4. The van der Waals surface area contributed by atoms with E-state index < -0.39 is 47.2 Å². The van der Waals surface area contributed by atoms with Crippen molar-refractivity contribution in [2.24, 2.45) is 17.3 Å². The van der Waals surface area contributed by atoms with E-state index in [1.165, 1.54) is 16.0 Å². The number of aryl methyl sites for hydroxylation is 1. The molecule has 2 aromatic heterocycles. The Morgan fingerprint density at radius 1 is 1.09 bits per heavy atom. The van der Waals surface area contributed by atoms with E-state index in [0.29, 0.717) is 49.9 Å². The van der Waals surface area contributed by atoms with Gasteiger partial charge < -0.3 is 34.3 Å². The molecular weight excluding hydrogens is 839 g/mol. The van der Waals surface area contributed by atoms with Gasteiger partial charge in [0, 0.05) is 81.0 Å². The Labute approximate surface area is 387 Å². The molecule has 4 amide bonds. The Hall–Kier alpha value is -6.06. The van der Waals surface area contributed by atoms with Gasteiger partial charge in [0.15, 0.2) is 0 Å². The van der Waals surface area contributed by atoms with Crippen LogP contribution in [0.4, 0.5) is 0 Å². The number of nitrogens with zero attached hydrogens (tertiary/aromatic N) is 5. The Morgan fingerprint density at radius 2 is 1.86 bits per heavy atom. The van der Waals surface area contributed by atoms with Crippen molar-refractivity contribution in [1.29, 1.82) is 0 Å². The number of carbonyl (C=O) groups excluding carboxylic acids is 5. The number of phenolic OH excluding ortho intramolecular Hbond substituents is 1. The van der Waals surface area contributed by atoms with Crippen LogP contribution in [0.2, 0.25) is 0 Å². The minimum Gasteiger partial charge on any atom is -0.508 e. The second kappa shape index (κ2) is 19.8. The first-order valence-electron chi connectivity index (χ1n) is 23.1. The highest BCUT2D eigenvalue weighted by Crippen LogP contribution is 2.42. The number of esters is 1. The molecule has 7 rings (SSSR count). The largest absolute Gasteiger partial charge is 0.508 e. The van der Waals surface area contributed by atoms with Gasteiger partial charge in [0.25, 0.3) is 5.91 Å². The number of benzene rings is 2. The fraction of sp³-hybridized carbons (Fsp3) is 0.490. The zero-order valence-corrected chi connectivity index (χ0v) is 39.6. The molecule has 2 aromatic carbocycles. The molecule has 3 aliphatic heterocycles. The number of carbonyl (C=O) groups is 5. The van der Waals surface area contributed by atoms with Gasteiger partial charge in [-0.25, -0.2) is 5.43 Å². The molecule has 0 aliphatic carbocycles. The SMILES string of the molecule is C=CC(=O)N1CC[C@H](C(=O)N(C)C(C(=O)N[C@H]2Cc3cc(O)cc(c3)-c3ccc4c(c3)c(c(-c3cnccc3[C@H](C)OC)n4CC)CC(C)(C)COC(=O)[C@@H]3CCCN(N3)C2=O)C(C)C)C1. The molecule has 3 aliphatic rings. The summed E-state index contributed by atoms with van der Waals surface area (Å²) in [5.41, 5.74) is 9.71. The van der Waals surface area contributed by atoms with E-state index in [1.54, 1.807) is 37.4 Å². The third-order valence-electron chi connectivity index (χ3n) is 13.4. The highest BCUT2D eigenvalue weighted by atomic mass is 16.5. The summed E-state index contributed by atoms with van der Waals surface area (Å²) < 4.78 is 14.2. The molecular formula is C51H65N7O8. The van der Waals surface area contributed by atoms with Gasteiger partial charge in [-0.05, 0) is 110 Å². The monoisotopic (exact) mass is 903 g/mol. The summed E-state index contributed by atoms with van der Waals surface area (Å²) in [4.78, 5) is 76.9. The Balaban J connectivity index is 1.31. The van der Waals surface area contributed by atoms with E-state index >= 15 is 0 Å². The zero-order valence-electron chi connectivity index (χ0n) is 39.6. The molecule has 2 saturated heterocycles. The maximum atomic E-state index is 14.7. The zero-order chi connectivity index (χ0) is 47.6. The average molecular weight is 904 g/mol. The van der Waals surface area contributed by atoms with E-state index in [4.69, 9.17) is 9.47 Å². The first-order chi connectivity index (χ1) is 31.4. The topological polar surface area (TPSA) is 176 Å². The van der Waals surface area contributed by atoms with E-state index in [2.05, 4.69) is 59.8 Å². The van der Waals surface area contributed by atoms with Crippen LogP contribution >= 0.6 is 0 Å². The van der Waals surface area contributed by atoms with Crippen molar-refractivity contribution in [3.05, 3.63) is 84.2 Å². The Morgan fingerprint density at radius 3 is 2.58 bits per heavy atom. The molecule has 352 valence electrons. The summed E-state index contributed by atoms with van der Waals surface area (Å²) >= 11 is 0. The van der Waals surface area contributed by atoms with Crippen LogP contribution in [0.1, 0.15) is 83.6 Å². The number of methoxy groups -OCH3 is 1. The highest BCUT2D eigenvalue weighted by molar-refractivity contribution is 5.96. The molecule has 0 radical (unpaired) electrons. The average Bonchev–Trinajstić information content (AvgIpc) is 3.92. The lowest BCUT2D eigenvalue weighted by Gasteiger charge is -2.37. The van der Waals surface area contributed by atoms with Crippen LogP contribution in [0, 0.1) is 17.3 Å². The van der Waals surface area contributed by atoms with Crippen molar-refractivity contribution in [3.8, 4) is 28.1 Å². The van der Waals surface area contributed by atoms with Gasteiger partial charge in [-0.15, -0.1) is 0 Å². The summed E-state index contributed by atoms with van der Waals surface area (Å²) in [5.74, 6) is -2.87. The lowest BCUT2D eigenvalue weighted by atomic mass is 9.84.